The summed E-state index contributed by atoms with van der Waals surface area (Å²) in [5.74, 6) is 0.288. The van der Waals surface area contributed by atoms with Crippen molar-refractivity contribution in [1.29, 1.82) is 0 Å². The van der Waals surface area contributed by atoms with Crippen molar-refractivity contribution in [1.82, 2.24) is 9.97 Å². The molecule has 0 radical (unpaired) electrons. The normalized spacial score (nSPS) is 10.4. The van der Waals surface area contributed by atoms with Crippen molar-refractivity contribution >= 4 is 17.5 Å². The Labute approximate surface area is 162 Å². The van der Waals surface area contributed by atoms with E-state index in [0.29, 0.717) is 42.5 Å². The van der Waals surface area contributed by atoms with Crippen LogP contribution in [0.15, 0.2) is 60.8 Å². The van der Waals surface area contributed by atoms with Crippen LogP contribution >= 0.6 is 0 Å². The Kier molecular flexibility index (Phi) is 6.51. The maximum Gasteiger partial charge on any atom is 0.274 e. The van der Waals surface area contributed by atoms with Crippen LogP contribution in [0.2, 0.25) is 0 Å². The zero-order chi connectivity index (χ0) is 19.8. The number of hydrogen-bond acceptors (Lipinski definition) is 5. The highest BCUT2D eigenvalue weighted by molar-refractivity contribution is 6.03. The summed E-state index contributed by atoms with van der Waals surface area (Å²) in [7, 11) is 0. The topological polar surface area (TPSA) is 76.1 Å². The fourth-order valence-electron chi connectivity index (χ4n) is 2.62. The molecule has 0 saturated heterocycles. The van der Waals surface area contributed by atoms with E-state index < -0.39 is 0 Å². The Balaban J connectivity index is 1.62. The molecule has 0 aliphatic carbocycles. The van der Waals surface area contributed by atoms with Gasteiger partial charge in [-0.25, -0.2) is 14.4 Å². The molecule has 0 aliphatic rings. The van der Waals surface area contributed by atoms with Crippen molar-refractivity contribution in [3.05, 3.63) is 77.9 Å². The van der Waals surface area contributed by atoms with Gasteiger partial charge in [-0.2, -0.15) is 0 Å². The average Bonchev–Trinajstić information content (AvgIpc) is 2.71. The molecule has 0 fully saturated rings. The Morgan fingerprint density at radius 1 is 1.11 bits per heavy atom. The van der Waals surface area contributed by atoms with Crippen LogP contribution < -0.4 is 15.4 Å². The molecule has 1 heterocycles. The van der Waals surface area contributed by atoms with E-state index in [-0.39, 0.29) is 17.4 Å². The summed E-state index contributed by atoms with van der Waals surface area (Å²) in [6.07, 6.45) is 1.98. The van der Waals surface area contributed by atoms with Crippen LogP contribution in [0.3, 0.4) is 0 Å². The second-order valence-corrected chi connectivity index (χ2v) is 5.92. The molecule has 144 valence electrons. The van der Waals surface area contributed by atoms with Crippen LogP contribution in [-0.2, 0) is 6.42 Å². The van der Waals surface area contributed by atoms with E-state index in [1.165, 1.54) is 18.3 Å². The third kappa shape index (κ3) is 5.03. The molecule has 0 aliphatic heterocycles. The van der Waals surface area contributed by atoms with Crippen molar-refractivity contribution in [3.63, 3.8) is 0 Å². The van der Waals surface area contributed by atoms with Gasteiger partial charge in [0.2, 0.25) is 5.95 Å². The minimum absolute atomic E-state index is 0.217. The number of rotatable bonds is 8. The molecule has 3 rings (SSSR count). The van der Waals surface area contributed by atoms with E-state index >= 15 is 0 Å². The molecule has 2 N–H and O–H groups in total. The Morgan fingerprint density at radius 2 is 1.89 bits per heavy atom. The molecule has 2 aromatic carbocycles. The smallest absolute Gasteiger partial charge is 0.274 e. The maximum absolute atomic E-state index is 13.7. The molecule has 3 aromatic rings. The molecule has 7 heteroatoms. The first kappa shape index (κ1) is 19.3. The zero-order valence-electron chi connectivity index (χ0n) is 15.5. The summed E-state index contributed by atoms with van der Waals surface area (Å²) in [6, 6.07) is 15.3. The van der Waals surface area contributed by atoms with E-state index in [9.17, 15) is 9.18 Å². The number of hydrogen-bond donors (Lipinski definition) is 2. The van der Waals surface area contributed by atoms with Gasteiger partial charge in [0.25, 0.3) is 5.91 Å². The van der Waals surface area contributed by atoms with Crippen LogP contribution in [0.25, 0.3) is 0 Å². The minimum atomic E-state index is -0.369. The third-order valence-corrected chi connectivity index (χ3v) is 3.96. The Bertz CT molecular complexity index is 949. The number of amides is 1. The van der Waals surface area contributed by atoms with Gasteiger partial charge in [-0.15, -0.1) is 0 Å². The van der Waals surface area contributed by atoms with Crippen molar-refractivity contribution in [3.8, 4) is 5.75 Å². The van der Waals surface area contributed by atoms with Gasteiger partial charge in [-0.1, -0.05) is 30.3 Å². The number of aromatic nitrogens is 2. The van der Waals surface area contributed by atoms with Gasteiger partial charge in [-0.3, -0.25) is 4.79 Å². The number of nitrogens with one attached hydrogen (secondary N) is 2. The number of anilines is 2. The van der Waals surface area contributed by atoms with Gasteiger partial charge in [0.1, 0.15) is 17.3 Å². The number of halogens is 1. The molecular weight excluding hydrogens is 359 g/mol. The van der Waals surface area contributed by atoms with Gasteiger partial charge >= 0.3 is 0 Å². The number of ether oxygens (including phenoxy) is 1. The Morgan fingerprint density at radius 3 is 2.71 bits per heavy atom. The van der Waals surface area contributed by atoms with Crippen LogP contribution in [0.5, 0.6) is 5.75 Å². The van der Waals surface area contributed by atoms with Crippen LogP contribution in [0.1, 0.15) is 23.0 Å². The number of benzene rings is 2. The molecular formula is C21H21FN4O2. The monoisotopic (exact) mass is 380 g/mol. The SMILES string of the molecule is CCOc1ccccc1NC(=O)c1ccnc(NCCc2ccccc2F)n1. The van der Waals surface area contributed by atoms with Crippen LogP contribution in [0.4, 0.5) is 16.0 Å². The second kappa shape index (κ2) is 9.45. The molecule has 0 bridgehead atoms. The first-order valence-corrected chi connectivity index (χ1v) is 9.01. The predicted molar refractivity (Wildman–Crippen MR) is 106 cm³/mol. The van der Waals surface area contributed by atoms with E-state index in [2.05, 4.69) is 20.6 Å². The molecule has 28 heavy (non-hydrogen) atoms. The van der Waals surface area contributed by atoms with Crippen LogP contribution in [0, 0.1) is 5.82 Å². The summed E-state index contributed by atoms with van der Waals surface area (Å²) in [4.78, 5) is 20.9. The summed E-state index contributed by atoms with van der Waals surface area (Å²) >= 11 is 0. The molecule has 0 atom stereocenters. The first-order valence-electron chi connectivity index (χ1n) is 9.01. The summed E-state index contributed by atoms with van der Waals surface area (Å²) in [6.45, 7) is 2.82. The lowest BCUT2D eigenvalue weighted by atomic mass is 10.1. The summed E-state index contributed by atoms with van der Waals surface area (Å²) in [5, 5.41) is 5.81. The highest BCUT2D eigenvalue weighted by atomic mass is 19.1. The van der Waals surface area contributed by atoms with Gasteiger partial charge < -0.3 is 15.4 Å². The number of carbonyl (C=O) groups is 1. The van der Waals surface area contributed by atoms with E-state index in [1.807, 2.05) is 19.1 Å². The standard InChI is InChI=1S/C21H21FN4O2/c1-2-28-19-10-6-5-9-17(19)25-20(27)18-12-14-24-21(26-18)23-13-11-15-7-3-4-8-16(15)22/h3-10,12,14H,2,11,13H2,1H3,(H,25,27)(H,23,24,26). The highest BCUT2D eigenvalue weighted by Gasteiger charge is 2.12. The van der Waals surface area contributed by atoms with Gasteiger partial charge in [0, 0.05) is 12.7 Å². The third-order valence-electron chi connectivity index (χ3n) is 3.96. The quantitative estimate of drug-likeness (QED) is 0.619. The van der Waals surface area contributed by atoms with Gasteiger partial charge in [0.05, 0.1) is 12.3 Å². The summed E-state index contributed by atoms with van der Waals surface area (Å²) in [5.41, 5.74) is 1.40. The molecule has 0 unspecified atom stereocenters. The fraction of sp³-hybridized carbons (Fsp3) is 0.190. The molecule has 1 aromatic heterocycles. The van der Waals surface area contributed by atoms with E-state index in [1.54, 1.807) is 30.3 Å². The van der Waals surface area contributed by atoms with Crippen LogP contribution in [-0.4, -0.2) is 29.0 Å². The highest BCUT2D eigenvalue weighted by Crippen LogP contribution is 2.24. The number of nitrogens with zero attached hydrogens (tertiary/aromatic N) is 2. The average molecular weight is 380 g/mol. The van der Waals surface area contributed by atoms with Gasteiger partial charge in [-0.05, 0) is 43.2 Å². The first-order chi connectivity index (χ1) is 13.7. The number of para-hydroxylation sites is 2. The van der Waals surface area contributed by atoms with Crippen molar-refractivity contribution in [2.24, 2.45) is 0 Å². The molecule has 0 spiro atoms. The fourth-order valence-corrected chi connectivity index (χ4v) is 2.62. The predicted octanol–water partition coefficient (Wildman–Crippen LogP) is 3.92. The van der Waals surface area contributed by atoms with Crippen molar-refractivity contribution in [2.45, 2.75) is 13.3 Å². The van der Waals surface area contributed by atoms with E-state index in [0.717, 1.165) is 0 Å². The number of carbonyl (C=O) groups excluding carboxylic acids is 1. The lowest BCUT2D eigenvalue weighted by Crippen LogP contribution is -2.16. The molecule has 6 nitrogen and oxygen atoms in total. The lowest BCUT2D eigenvalue weighted by Gasteiger charge is -2.11. The minimum Gasteiger partial charge on any atom is -0.492 e. The second-order valence-electron chi connectivity index (χ2n) is 5.92. The molecule has 1 amide bonds. The van der Waals surface area contributed by atoms with Gasteiger partial charge in [0.15, 0.2) is 0 Å². The zero-order valence-corrected chi connectivity index (χ0v) is 15.5. The van der Waals surface area contributed by atoms with E-state index in [4.69, 9.17) is 4.74 Å². The van der Waals surface area contributed by atoms with Crippen molar-refractivity contribution < 1.29 is 13.9 Å². The lowest BCUT2D eigenvalue weighted by molar-refractivity contribution is 0.102. The summed E-state index contributed by atoms with van der Waals surface area (Å²) < 4.78 is 19.2. The van der Waals surface area contributed by atoms with Crippen molar-refractivity contribution in [2.75, 3.05) is 23.8 Å². The maximum atomic E-state index is 13.7. The largest absolute Gasteiger partial charge is 0.492 e. The molecule has 0 saturated carbocycles. The Hall–Kier alpha value is -3.48.